The highest BCUT2D eigenvalue weighted by Crippen LogP contribution is 2.29. The molecule has 0 radical (unpaired) electrons. The van der Waals surface area contributed by atoms with Gasteiger partial charge >= 0.3 is 12.1 Å². The summed E-state index contributed by atoms with van der Waals surface area (Å²) >= 11 is 0. The average Bonchev–Trinajstić information content (AvgIpc) is 2.77. The number of nitrogens with zero attached hydrogens (tertiary/aromatic N) is 3. The van der Waals surface area contributed by atoms with Crippen molar-refractivity contribution >= 4 is 11.9 Å². The van der Waals surface area contributed by atoms with Gasteiger partial charge in [-0.25, -0.2) is 4.79 Å². The highest BCUT2D eigenvalue weighted by molar-refractivity contribution is 5.87. The molecule has 0 heterocycles. The Labute approximate surface area is 186 Å². The normalized spacial score (nSPS) is 12.8. The van der Waals surface area contributed by atoms with Crippen LogP contribution in [-0.2, 0) is 28.6 Å². The smallest absolute Gasteiger partial charge is 0.416 e. The van der Waals surface area contributed by atoms with Gasteiger partial charge < -0.3 is 20.3 Å². The molecule has 176 valence electrons. The maximum atomic E-state index is 12.7. The Balaban J connectivity index is 2.07. The number of carboxylic acid groups (broad SMARTS) is 1. The number of rotatable bonds is 11. The molecule has 33 heavy (non-hydrogen) atoms. The molecule has 3 N–H and O–H groups in total. The monoisotopic (exact) mass is 466 g/mol. The number of carbonyl (C=O) groups is 2. The number of amides is 1. The summed E-state index contributed by atoms with van der Waals surface area (Å²) in [7, 11) is 0. The second kappa shape index (κ2) is 11.7. The van der Waals surface area contributed by atoms with Crippen LogP contribution in [0, 0.1) is 0 Å². The molecular weight excluding hydrogens is 445 g/mol. The van der Waals surface area contributed by atoms with Crippen molar-refractivity contribution in [2.45, 2.75) is 31.1 Å². The molecule has 0 saturated heterocycles. The van der Waals surface area contributed by atoms with Crippen LogP contribution >= 0.6 is 0 Å². The first-order valence-corrected chi connectivity index (χ1v) is 9.70. The van der Waals surface area contributed by atoms with E-state index in [0.29, 0.717) is 11.3 Å². The lowest BCUT2D eigenvalue weighted by Gasteiger charge is -2.18. The predicted octanol–water partition coefficient (Wildman–Crippen LogP) is 3.11. The molecule has 0 saturated carbocycles. The third-order valence-corrected chi connectivity index (χ3v) is 4.54. The number of ether oxygens (including phenoxy) is 1. The molecule has 0 aliphatic rings. The molecule has 0 spiro atoms. The highest BCUT2D eigenvalue weighted by atomic mass is 19.4. The Kier molecular flexibility index (Phi) is 9.08. The minimum absolute atomic E-state index is 0.0250. The Bertz CT molecular complexity index is 990. The molecule has 12 heteroatoms. The number of benzene rings is 2. The summed E-state index contributed by atoms with van der Waals surface area (Å²) in [5.41, 5.74) is 8.80. The van der Waals surface area contributed by atoms with Crippen molar-refractivity contribution in [3.63, 3.8) is 0 Å². The van der Waals surface area contributed by atoms with Gasteiger partial charge in [0.25, 0.3) is 0 Å². The number of hydrogen-bond acceptors (Lipinski definition) is 5. The van der Waals surface area contributed by atoms with E-state index in [2.05, 4.69) is 15.3 Å². The second-order valence-electron chi connectivity index (χ2n) is 6.94. The minimum Gasteiger partial charge on any atom is -0.491 e. The Morgan fingerprint density at radius 1 is 1.06 bits per heavy atom. The molecule has 2 atom stereocenters. The van der Waals surface area contributed by atoms with Crippen molar-refractivity contribution < 1.29 is 37.7 Å². The van der Waals surface area contributed by atoms with Gasteiger partial charge in [-0.3, -0.25) is 4.79 Å². The molecule has 2 aromatic carbocycles. The van der Waals surface area contributed by atoms with Crippen molar-refractivity contribution in [1.29, 1.82) is 0 Å². The van der Waals surface area contributed by atoms with Crippen LogP contribution < -0.4 is 10.1 Å². The van der Waals surface area contributed by atoms with Crippen LogP contribution in [0.2, 0.25) is 0 Å². The van der Waals surface area contributed by atoms with Crippen LogP contribution in [0.25, 0.3) is 10.4 Å². The minimum atomic E-state index is -4.52. The van der Waals surface area contributed by atoms with E-state index >= 15 is 0 Å². The highest BCUT2D eigenvalue weighted by Gasteiger charge is 2.30. The molecule has 2 aromatic rings. The topological polar surface area (TPSA) is 145 Å². The van der Waals surface area contributed by atoms with Crippen molar-refractivity contribution in [3.05, 3.63) is 75.7 Å². The van der Waals surface area contributed by atoms with Crippen LogP contribution in [0.3, 0.4) is 0 Å². The van der Waals surface area contributed by atoms with E-state index in [9.17, 15) is 27.9 Å². The van der Waals surface area contributed by atoms with Crippen molar-refractivity contribution in [2.24, 2.45) is 5.11 Å². The maximum Gasteiger partial charge on any atom is 0.416 e. The molecule has 0 aliphatic carbocycles. The fourth-order valence-corrected chi connectivity index (χ4v) is 2.89. The number of hydrogen-bond donors (Lipinski definition) is 3. The summed E-state index contributed by atoms with van der Waals surface area (Å²) < 4.78 is 43.3. The number of aliphatic hydroxyl groups is 1. The molecule has 0 aromatic heterocycles. The SMILES string of the molecule is [N-]=[N+]=N[C@@H](Cc1ccc(OCCO)cc1)C(=O)NC(Cc1ccc(C(F)(F)F)cc1)C(=O)O. The number of carboxylic acids is 1. The van der Waals surface area contributed by atoms with E-state index in [-0.39, 0.29) is 31.6 Å². The zero-order chi connectivity index (χ0) is 24.4. The number of halogens is 3. The number of nitrogens with one attached hydrogen (secondary N) is 1. The molecule has 0 aliphatic heterocycles. The van der Waals surface area contributed by atoms with Crippen LogP contribution in [0.4, 0.5) is 13.2 Å². The van der Waals surface area contributed by atoms with E-state index in [0.717, 1.165) is 24.3 Å². The number of azide groups is 1. The van der Waals surface area contributed by atoms with Gasteiger partial charge in [-0.05, 0) is 47.3 Å². The summed E-state index contributed by atoms with van der Waals surface area (Å²) in [5.74, 6) is -1.75. The lowest BCUT2D eigenvalue weighted by atomic mass is 10.0. The van der Waals surface area contributed by atoms with E-state index in [1.54, 1.807) is 24.3 Å². The summed E-state index contributed by atoms with van der Waals surface area (Å²) in [6, 6.07) is 7.66. The summed E-state index contributed by atoms with van der Waals surface area (Å²) in [6.07, 6.45) is -4.81. The van der Waals surface area contributed by atoms with E-state index in [1.165, 1.54) is 0 Å². The van der Waals surface area contributed by atoms with Gasteiger partial charge in [0.15, 0.2) is 0 Å². The zero-order valence-electron chi connectivity index (χ0n) is 17.2. The fraction of sp³-hybridized carbons (Fsp3) is 0.333. The van der Waals surface area contributed by atoms with Gasteiger partial charge in [-0.1, -0.05) is 29.4 Å². The molecule has 0 fully saturated rings. The van der Waals surface area contributed by atoms with E-state index in [4.69, 9.17) is 15.4 Å². The zero-order valence-corrected chi connectivity index (χ0v) is 17.2. The summed E-state index contributed by atoms with van der Waals surface area (Å²) in [4.78, 5) is 26.8. The van der Waals surface area contributed by atoms with Crippen molar-refractivity contribution in [1.82, 2.24) is 5.32 Å². The van der Waals surface area contributed by atoms with Gasteiger partial charge in [0.05, 0.1) is 12.2 Å². The molecule has 1 unspecified atom stereocenters. The number of alkyl halides is 3. The third-order valence-electron chi connectivity index (χ3n) is 4.54. The first kappa shape index (κ1) is 25.5. The number of carbonyl (C=O) groups excluding carboxylic acids is 1. The lowest BCUT2D eigenvalue weighted by molar-refractivity contribution is -0.142. The van der Waals surface area contributed by atoms with Crippen LogP contribution in [0.15, 0.2) is 53.6 Å². The summed E-state index contributed by atoms with van der Waals surface area (Å²) in [6.45, 7) is -0.0449. The standard InChI is InChI=1S/C21H21F3N4O5/c22-21(23,24)15-5-1-13(2-6-15)12-18(20(31)32)26-19(30)17(27-28-25)11-14-3-7-16(8-4-14)33-10-9-29/h1-8,17-18,29H,9-12H2,(H,26,30)(H,31,32)/t17-,18?/m0/s1. The van der Waals surface area contributed by atoms with Crippen molar-refractivity contribution in [2.75, 3.05) is 13.2 Å². The Morgan fingerprint density at radius 3 is 2.15 bits per heavy atom. The van der Waals surface area contributed by atoms with Crippen LogP contribution in [0.5, 0.6) is 5.75 Å². The maximum absolute atomic E-state index is 12.7. The molecule has 2 rings (SSSR count). The Hall–Kier alpha value is -3.76. The lowest BCUT2D eigenvalue weighted by Crippen LogP contribution is -2.46. The molecule has 0 bridgehead atoms. The van der Waals surface area contributed by atoms with E-state index in [1.807, 2.05) is 0 Å². The largest absolute Gasteiger partial charge is 0.491 e. The van der Waals surface area contributed by atoms with Gasteiger partial charge in [0.1, 0.15) is 24.4 Å². The molecular formula is C21H21F3N4O5. The fourth-order valence-electron chi connectivity index (χ4n) is 2.89. The number of aliphatic carboxylic acids is 1. The molecule has 1 amide bonds. The van der Waals surface area contributed by atoms with Gasteiger partial charge in [0, 0.05) is 11.3 Å². The van der Waals surface area contributed by atoms with E-state index < -0.39 is 35.7 Å². The second-order valence-corrected chi connectivity index (χ2v) is 6.94. The van der Waals surface area contributed by atoms with Gasteiger partial charge in [0.2, 0.25) is 5.91 Å². The van der Waals surface area contributed by atoms with Crippen LogP contribution in [0.1, 0.15) is 16.7 Å². The van der Waals surface area contributed by atoms with Crippen molar-refractivity contribution in [3.8, 4) is 5.75 Å². The average molecular weight is 466 g/mol. The first-order valence-electron chi connectivity index (χ1n) is 9.70. The van der Waals surface area contributed by atoms with Crippen LogP contribution in [-0.4, -0.2) is 47.4 Å². The predicted molar refractivity (Wildman–Crippen MR) is 110 cm³/mol. The number of aliphatic hydroxyl groups excluding tert-OH is 1. The Morgan fingerprint density at radius 2 is 1.64 bits per heavy atom. The third kappa shape index (κ3) is 8.02. The van der Waals surface area contributed by atoms with Gasteiger partial charge in [-0.15, -0.1) is 0 Å². The molecule has 9 nitrogen and oxygen atoms in total. The first-order chi connectivity index (χ1) is 15.6. The van der Waals surface area contributed by atoms with Gasteiger partial charge in [-0.2, -0.15) is 13.2 Å². The summed E-state index contributed by atoms with van der Waals surface area (Å²) in [5, 5.41) is 23.9. The quantitative estimate of drug-likeness (QED) is 0.265.